The van der Waals surface area contributed by atoms with Gasteiger partial charge in [-0.2, -0.15) is 17.0 Å². The fourth-order valence-electron chi connectivity index (χ4n) is 3.42. The van der Waals surface area contributed by atoms with Crippen molar-refractivity contribution in [3.05, 3.63) is 31.9 Å². The van der Waals surface area contributed by atoms with Gasteiger partial charge in [-0.1, -0.05) is 30.9 Å². The van der Waals surface area contributed by atoms with Crippen molar-refractivity contribution >= 4 is 57.9 Å². The Hall–Kier alpha value is -1.76. The summed E-state index contributed by atoms with van der Waals surface area (Å²) in [6, 6.07) is 2.04. The number of hydrogen-bond acceptors (Lipinski definition) is 7. The lowest BCUT2D eigenvalue weighted by Gasteiger charge is -2.32. The number of aromatic nitrogens is 1. The number of thioether (sulfide) groups is 2. The van der Waals surface area contributed by atoms with Crippen LogP contribution < -0.4 is 10.5 Å². The molecule has 1 aromatic heterocycles. The molecule has 2 aliphatic rings. The van der Waals surface area contributed by atoms with Crippen molar-refractivity contribution in [2.24, 2.45) is 7.05 Å². The van der Waals surface area contributed by atoms with Crippen LogP contribution in [0, 0.1) is 18.3 Å². The van der Waals surface area contributed by atoms with E-state index in [1.807, 2.05) is 30.8 Å². The zero-order chi connectivity index (χ0) is 20.4. The van der Waals surface area contributed by atoms with Crippen molar-refractivity contribution in [2.45, 2.75) is 20.3 Å². The van der Waals surface area contributed by atoms with Gasteiger partial charge < -0.3 is 4.90 Å². The van der Waals surface area contributed by atoms with Gasteiger partial charge in [0.2, 0.25) is 0 Å². The number of nitrogens with zero attached hydrogens (tertiary/aromatic N) is 4. The highest BCUT2D eigenvalue weighted by Crippen LogP contribution is 2.36. The fourth-order valence-corrected chi connectivity index (χ4v) is 5.61. The molecule has 0 N–H and O–H groups in total. The van der Waals surface area contributed by atoms with Crippen molar-refractivity contribution in [3.63, 3.8) is 0 Å². The molecular formula is C19H22N4O2S3. The van der Waals surface area contributed by atoms with Crippen molar-refractivity contribution in [1.82, 2.24) is 9.47 Å². The van der Waals surface area contributed by atoms with Crippen LogP contribution in [0.15, 0.2) is 9.70 Å². The normalized spacial score (nSPS) is 18.9. The minimum absolute atomic E-state index is 0.108. The molecule has 2 aliphatic heterocycles. The second kappa shape index (κ2) is 8.72. The van der Waals surface area contributed by atoms with Crippen LogP contribution in [0.2, 0.25) is 0 Å². The molecule has 1 amide bonds. The van der Waals surface area contributed by atoms with Gasteiger partial charge in [0.15, 0.2) is 0 Å². The minimum Gasteiger partial charge on any atom is -0.356 e. The zero-order valence-electron chi connectivity index (χ0n) is 16.2. The summed E-state index contributed by atoms with van der Waals surface area (Å²) in [5.74, 6) is 2.61. The van der Waals surface area contributed by atoms with Crippen LogP contribution in [-0.2, 0) is 11.8 Å². The summed E-state index contributed by atoms with van der Waals surface area (Å²) in [6.07, 6.45) is 2.63. The van der Waals surface area contributed by atoms with E-state index in [4.69, 9.17) is 12.2 Å². The van der Waals surface area contributed by atoms with E-state index < -0.39 is 0 Å². The van der Waals surface area contributed by atoms with Gasteiger partial charge in [0, 0.05) is 43.8 Å². The number of carbonyl (C=O) groups is 1. The van der Waals surface area contributed by atoms with Crippen molar-refractivity contribution in [3.8, 4) is 6.07 Å². The third-order valence-electron chi connectivity index (χ3n) is 4.87. The van der Waals surface area contributed by atoms with Crippen molar-refractivity contribution < 1.29 is 4.79 Å². The van der Waals surface area contributed by atoms with Gasteiger partial charge in [0.05, 0.1) is 4.91 Å². The Bertz CT molecular complexity index is 955. The molecule has 148 valence electrons. The topological polar surface area (TPSA) is 69.3 Å². The summed E-state index contributed by atoms with van der Waals surface area (Å²) < 4.78 is 2.09. The lowest BCUT2D eigenvalue weighted by molar-refractivity contribution is -0.122. The molecule has 6 nitrogen and oxygen atoms in total. The van der Waals surface area contributed by atoms with Gasteiger partial charge in [-0.3, -0.25) is 19.1 Å². The molecule has 0 radical (unpaired) electrons. The molecule has 3 rings (SSSR count). The largest absolute Gasteiger partial charge is 0.356 e. The molecule has 0 saturated carbocycles. The molecule has 28 heavy (non-hydrogen) atoms. The molecular weight excluding hydrogens is 412 g/mol. The van der Waals surface area contributed by atoms with Crippen LogP contribution in [0.5, 0.6) is 0 Å². The summed E-state index contributed by atoms with van der Waals surface area (Å²) in [5, 5.41) is 9.51. The monoisotopic (exact) mass is 434 g/mol. The van der Waals surface area contributed by atoms with Crippen LogP contribution in [0.3, 0.4) is 0 Å². The fraction of sp³-hybridized carbons (Fsp3) is 0.474. The van der Waals surface area contributed by atoms with Gasteiger partial charge in [-0.25, -0.2) is 0 Å². The van der Waals surface area contributed by atoms with Crippen LogP contribution in [0.4, 0.5) is 5.82 Å². The summed E-state index contributed by atoms with van der Waals surface area (Å²) in [7, 11) is 1.69. The molecule has 0 bridgehead atoms. The van der Waals surface area contributed by atoms with E-state index in [9.17, 15) is 14.9 Å². The molecule has 2 fully saturated rings. The number of carbonyl (C=O) groups excluding carboxylic acids is 1. The summed E-state index contributed by atoms with van der Waals surface area (Å²) in [5.41, 5.74) is 1.18. The van der Waals surface area contributed by atoms with Gasteiger partial charge in [0.1, 0.15) is 21.8 Å². The molecule has 0 aromatic carbocycles. The first-order valence-electron chi connectivity index (χ1n) is 9.12. The molecule has 0 unspecified atom stereocenters. The van der Waals surface area contributed by atoms with Crippen LogP contribution in [0.1, 0.15) is 30.0 Å². The standard InChI is InChI=1S/C19H22N4O2S3/c1-4-5-23-18(25)15(28-19(23)26)10-13-12(2)14(11-20)17(24)21(3)16(13)22-6-8-27-9-7-22/h10H,4-9H2,1-3H3. The Morgan fingerprint density at radius 3 is 2.57 bits per heavy atom. The number of anilines is 1. The van der Waals surface area contributed by atoms with Gasteiger partial charge in [-0.15, -0.1) is 0 Å². The van der Waals surface area contributed by atoms with E-state index >= 15 is 0 Å². The molecule has 3 heterocycles. The third-order valence-corrected chi connectivity index (χ3v) is 7.20. The maximum absolute atomic E-state index is 12.8. The number of pyridine rings is 1. The Kier molecular flexibility index (Phi) is 6.53. The van der Waals surface area contributed by atoms with Crippen molar-refractivity contribution in [1.29, 1.82) is 5.26 Å². The highest BCUT2D eigenvalue weighted by molar-refractivity contribution is 8.26. The molecule has 2 saturated heterocycles. The average Bonchev–Trinajstić information content (AvgIpc) is 2.95. The smallest absolute Gasteiger partial charge is 0.270 e. The van der Waals surface area contributed by atoms with Crippen LogP contribution >= 0.6 is 35.7 Å². The second-order valence-electron chi connectivity index (χ2n) is 6.65. The third kappa shape index (κ3) is 3.73. The lowest BCUT2D eigenvalue weighted by atomic mass is 10.0. The molecule has 1 aromatic rings. The van der Waals surface area contributed by atoms with E-state index in [0.29, 0.717) is 21.3 Å². The first kappa shape index (κ1) is 21.0. The lowest BCUT2D eigenvalue weighted by Crippen LogP contribution is -2.38. The van der Waals surface area contributed by atoms with Crippen molar-refractivity contribution in [2.75, 3.05) is 36.0 Å². The Morgan fingerprint density at radius 1 is 1.29 bits per heavy atom. The summed E-state index contributed by atoms with van der Waals surface area (Å²) in [6.45, 7) is 6.02. The predicted octanol–water partition coefficient (Wildman–Crippen LogP) is 2.73. The van der Waals surface area contributed by atoms with E-state index in [-0.39, 0.29) is 17.0 Å². The van der Waals surface area contributed by atoms with Gasteiger partial charge in [-0.05, 0) is 25.0 Å². The number of nitriles is 1. The Morgan fingerprint density at radius 2 is 1.96 bits per heavy atom. The Balaban J connectivity index is 2.18. The first-order valence-corrected chi connectivity index (χ1v) is 11.5. The van der Waals surface area contributed by atoms with E-state index in [1.165, 1.54) is 11.8 Å². The molecule has 9 heteroatoms. The highest BCUT2D eigenvalue weighted by Gasteiger charge is 2.32. The first-order chi connectivity index (χ1) is 13.4. The predicted molar refractivity (Wildman–Crippen MR) is 121 cm³/mol. The molecule has 0 atom stereocenters. The van der Waals surface area contributed by atoms with E-state index in [0.717, 1.165) is 42.4 Å². The zero-order valence-corrected chi connectivity index (χ0v) is 18.6. The van der Waals surface area contributed by atoms with E-state index in [1.54, 1.807) is 23.4 Å². The Labute approximate surface area is 178 Å². The van der Waals surface area contributed by atoms with Gasteiger partial charge >= 0.3 is 0 Å². The van der Waals surface area contributed by atoms with Crippen LogP contribution in [0.25, 0.3) is 6.08 Å². The maximum Gasteiger partial charge on any atom is 0.270 e. The maximum atomic E-state index is 12.8. The number of rotatable bonds is 4. The quantitative estimate of drug-likeness (QED) is 0.533. The number of thiocarbonyl (C=S) groups is 1. The summed E-state index contributed by atoms with van der Waals surface area (Å²) >= 11 is 8.53. The number of amides is 1. The summed E-state index contributed by atoms with van der Waals surface area (Å²) in [4.78, 5) is 29.9. The molecule has 0 aliphatic carbocycles. The number of hydrogen-bond donors (Lipinski definition) is 0. The highest BCUT2D eigenvalue weighted by atomic mass is 32.2. The minimum atomic E-state index is -0.302. The van der Waals surface area contributed by atoms with Gasteiger partial charge in [0.25, 0.3) is 11.5 Å². The SMILES string of the molecule is CCCN1C(=O)C(=Cc2c(C)c(C#N)c(=O)n(C)c2N2CCSCC2)SC1=S. The average molecular weight is 435 g/mol. The molecule has 0 spiro atoms. The van der Waals surface area contributed by atoms with Crippen LogP contribution in [-0.4, -0.2) is 50.8 Å². The van der Waals surface area contributed by atoms with E-state index in [2.05, 4.69) is 4.90 Å². The second-order valence-corrected chi connectivity index (χ2v) is 9.55.